The summed E-state index contributed by atoms with van der Waals surface area (Å²) in [5.74, 6) is 0.893. The Morgan fingerprint density at radius 1 is 1.55 bits per heavy atom. The first kappa shape index (κ1) is 9.01. The second kappa shape index (κ2) is 4.73. The average Bonchev–Trinajstić information content (AvgIpc) is 2.82. The van der Waals surface area contributed by atoms with Crippen LogP contribution in [0.1, 0.15) is 26.2 Å². The summed E-state index contributed by atoms with van der Waals surface area (Å²) in [5.41, 5.74) is 0. The minimum atomic E-state index is 0.550. The quantitative estimate of drug-likeness (QED) is 0.629. The summed E-state index contributed by atoms with van der Waals surface area (Å²) in [6.45, 7) is 4.04. The fourth-order valence-corrected chi connectivity index (χ4v) is 1.07. The van der Waals surface area contributed by atoms with Crippen molar-refractivity contribution in [2.45, 2.75) is 32.2 Å². The maximum atomic E-state index is 5.54. The van der Waals surface area contributed by atoms with Gasteiger partial charge in [-0.2, -0.15) is 0 Å². The minimum absolute atomic E-state index is 0.550. The van der Waals surface area contributed by atoms with Crippen LogP contribution in [-0.4, -0.2) is 26.3 Å². The van der Waals surface area contributed by atoms with Crippen LogP contribution in [0, 0.1) is 5.92 Å². The van der Waals surface area contributed by atoms with E-state index in [1.807, 2.05) is 7.05 Å². The molecular formula is C9H19NO. The summed E-state index contributed by atoms with van der Waals surface area (Å²) in [7, 11) is 1.99. The van der Waals surface area contributed by atoms with Crippen molar-refractivity contribution in [3.05, 3.63) is 0 Å². The average molecular weight is 157 g/mol. The second-order valence-corrected chi connectivity index (χ2v) is 3.37. The van der Waals surface area contributed by atoms with E-state index in [0.717, 1.165) is 25.6 Å². The molecule has 2 nitrogen and oxygen atoms in total. The predicted octanol–water partition coefficient (Wildman–Crippen LogP) is 1.41. The Labute approximate surface area is 69.3 Å². The third-order valence-electron chi connectivity index (χ3n) is 2.27. The molecule has 1 unspecified atom stereocenters. The van der Waals surface area contributed by atoms with Gasteiger partial charge in [0.15, 0.2) is 0 Å². The molecule has 1 aliphatic rings. The molecule has 1 atom stereocenters. The number of rotatable bonds is 6. The van der Waals surface area contributed by atoms with Gasteiger partial charge in [0.2, 0.25) is 0 Å². The summed E-state index contributed by atoms with van der Waals surface area (Å²) in [6.07, 6.45) is 3.92. The van der Waals surface area contributed by atoms with Gasteiger partial charge in [0.25, 0.3) is 0 Å². The van der Waals surface area contributed by atoms with Gasteiger partial charge >= 0.3 is 0 Å². The van der Waals surface area contributed by atoms with Crippen molar-refractivity contribution in [1.29, 1.82) is 0 Å². The summed E-state index contributed by atoms with van der Waals surface area (Å²) in [5, 5.41) is 3.22. The van der Waals surface area contributed by atoms with Crippen molar-refractivity contribution >= 4 is 0 Å². The summed E-state index contributed by atoms with van der Waals surface area (Å²) < 4.78 is 5.54. The van der Waals surface area contributed by atoms with E-state index >= 15 is 0 Å². The van der Waals surface area contributed by atoms with Crippen LogP contribution < -0.4 is 5.32 Å². The molecule has 0 saturated heterocycles. The maximum Gasteiger partial charge on any atom is 0.0619 e. The molecule has 0 aromatic carbocycles. The summed E-state index contributed by atoms with van der Waals surface area (Å²) in [4.78, 5) is 0. The highest BCUT2D eigenvalue weighted by molar-refractivity contribution is 4.72. The highest BCUT2D eigenvalue weighted by Gasteiger charge is 2.21. The maximum absolute atomic E-state index is 5.54. The lowest BCUT2D eigenvalue weighted by Crippen LogP contribution is -2.29. The standard InChI is InChI=1S/C9H19NO/c1-3-9(10-2)7-11-6-8-4-5-8/h8-10H,3-7H2,1-2H3. The molecule has 2 heteroatoms. The van der Waals surface area contributed by atoms with E-state index in [9.17, 15) is 0 Å². The predicted molar refractivity (Wildman–Crippen MR) is 46.7 cm³/mol. The first-order valence-electron chi connectivity index (χ1n) is 4.61. The molecule has 0 bridgehead atoms. The van der Waals surface area contributed by atoms with Crippen molar-refractivity contribution in [2.75, 3.05) is 20.3 Å². The molecule has 1 aliphatic carbocycles. The van der Waals surface area contributed by atoms with Gasteiger partial charge in [-0.15, -0.1) is 0 Å². The fraction of sp³-hybridized carbons (Fsp3) is 1.00. The molecule has 1 fully saturated rings. The normalized spacial score (nSPS) is 20.2. The third-order valence-corrected chi connectivity index (χ3v) is 2.27. The lowest BCUT2D eigenvalue weighted by molar-refractivity contribution is 0.104. The van der Waals surface area contributed by atoms with Crippen molar-refractivity contribution < 1.29 is 4.74 Å². The Bertz CT molecular complexity index is 97.7. The lowest BCUT2D eigenvalue weighted by Gasteiger charge is -2.13. The van der Waals surface area contributed by atoms with Crippen molar-refractivity contribution in [3.8, 4) is 0 Å². The van der Waals surface area contributed by atoms with Gasteiger partial charge in [-0.05, 0) is 32.2 Å². The first-order chi connectivity index (χ1) is 5.36. The van der Waals surface area contributed by atoms with Gasteiger partial charge in [0.05, 0.1) is 6.61 Å². The van der Waals surface area contributed by atoms with Crippen LogP contribution in [0.25, 0.3) is 0 Å². The van der Waals surface area contributed by atoms with E-state index in [2.05, 4.69) is 12.2 Å². The largest absolute Gasteiger partial charge is 0.380 e. The Morgan fingerprint density at radius 2 is 2.27 bits per heavy atom. The zero-order chi connectivity index (χ0) is 8.10. The minimum Gasteiger partial charge on any atom is -0.380 e. The van der Waals surface area contributed by atoms with Gasteiger partial charge in [-0.3, -0.25) is 0 Å². The molecule has 1 N–H and O–H groups in total. The van der Waals surface area contributed by atoms with Gasteiger partial charge in [-0.25, -0.2) is 0 Å². The van der Waals surface area contributed by atoms with E-state index in [1.54, 1.807) is 0 Å². The Morgan fingerprint density at radius 3 is 2.73 bits per heavy atom. The summed E-state index contributed by atoms with van der Waals surface area (Å²) in [6, 6.07) is 0.550. The monoisotopic (exact) mass is 157 g/mol. The van der Waals surface area contributed by atoms with Crippen LogP contribution in [0.2, 0.25) is 0 Å². The Kier molecular flexibility index (Phi) is 3.87. The Balaban J connectivity index is 1.90. The third kappa shape index (κ3) is 3.73. The number of ether oxygens (including phenoxy) is 1. The second-order valence-electron chi connectivity index (χ2n) is 3.37. The van der Waals surface area contributed by atoms with Crippen LogP contribution in [0.3, 0.4) is 0 Å². The van der Waals surface area contributed by atoms with Crippen molar-refractivity contribution in [1.82, 2.24) is 5.32 Å². The van der Waals surface area contributed by atoms with E-state index in [4.69, 9.17) is 4.74 Å². The molecule has 0 amide bonds. The molecule has 0 aliphatic heterocycles. The topological polar surface area (TPSA) is 21.3 Å². The van der Waals surface area contributed by atoms with Crippen LogP contribution in [0.5, 0.6) is 0 Å². The molecule has 0 heterocycles. The number of likely N-dealkylation sites (N-methyl/N-ethyl adjacent to an activating group) is 1. The zero-order valence-electron chi connectivity index (χ0n) is 7.60. The highest BCUT2D eigenvalue weighted by atomic mass is 16.5. The Hall–Kier alpha value is -0.0800. The van der Waals surface area contributed by atoms with Gasteiger partial charge in [0, 0.05) is 12.6 Å². The molecule has 1 saturated carbocycles. The number of hydrogen-bond acceptors (Lipinski definition) is 2. The van der Waals surface area contributed by atoms with Gasteiger partial charge in [-0.1, -0.05) is 6.92 Å². The number of nitrogens with one attached hydrogen (secondary N) is 1. The van der Waals surface area contributed by atoms with Crippen molar-refractivity contribution in [2.24, 2.45) is 5.92 Å². The SMILES string of the molecule is CCC(COCC1CC1)NC. The van der Waals surface area contributed by atoms with E-state index in [1.165, 1.54) is 12.8 Å². The van der Waals surface area contributed by atoms with E-state index in [0.29, 0.717) is 6.04 Å². The first-order valence-corrected chi connectivity index (χ1v) is 4.61. The zero-order valence-corrected chi connectivity index (χ0v) is 7.60. The van der Waals surface area contributed by atoms with E-state index in [-0.39, 0.29) is 0 Å². The smallest absolute Gasteiger partial charge is 0.0619 e. The molecule has 66 valence electrons. The molecule has 0 aromatic heterocycles. The molecule has 11 heavy (non-hydrogen) atoms. The highest BCUT2D eigenvalue weighted by Crippen LogP contribution is 2.28. The molecule has 0 radical (unpaired) electrons. The molecule has 1 rings (SSSR count). The lowest BCUT2D eigenvalue weighted by atomic mass is 10.2. The molecular weight excluding hydrogens is 138 g/mol. The van der Waals surface area contributed by atoms with Crippen LogP contribution in [-0.2, 0) is 4.74 Å². The van der Waals surface area contributed by atoms with Crippen molar-refractivity contribution in [3.63, 3.8) is 0 Å². The van der Waals surface area contributed by atoms with Crippen LogP contribution >= 0.6 is 0 Å². The van der Waals surface area contributed by atoms with Crippen LogP contribution in [0.15, 0.2) is 0 Å². The van der Waals surface area contributed by atoms with Gasteiger partial charge in [0.1, 0.15) is 0 Å². The molecule has 0 aromatic rings. The van der Waals surface area contributed by atoms with Crippen LogP contribution in [0.4, 0.5) is 0 Å². The van der Waals surface area contributed by atoms with Gasteiger partial charge < -0.3 is 10.1 Å². The number of hydrogen-bond donors (Lipinski definition) is 1. The fourth-order valence-electron chi connectivity index (χ4n) is 1.07. The van der Waals surface area contributed by atoms with E-state index < -0.39 is 0 Å². The molecule has 0 spiro atoms. The summed E-state index contributed by atoms with van der Waals surface area (Å²) >= 11 is 0.